The van der Waals surface area contributed by atoms with Crippen molar-refractivity contribution in [3.8, 4) is 0 Å². The molecule has 2 aromatic carbocycles. The Morgan fingerprint density at radius 1 is 1.07 bits per heavy atom. The SMILES string of the molecule is CC(OC(=O)c1cccnc1Sc1ccccc1)C(=O)NCc1ccc(F)cc1. The Morgan fingerprint density at radius 2 is 1.79 bits per heavy atom. The summed E-state index contributed by atoms with van der Waals surface area (Å²) in [5, 5.41) is 3.17. The number of esters is 1. The third-order valence-electron chi connectivity index (χ3n) is 3.98. The highest BCUT2D eigenvalue weighted by Crippen LogP contribution is 2.28. The summed E-state index contributed by atoms with van der Waals surface area (Å²) in [6.45, 7) is 1.71. The molecule has 7 heteroatoms. The highest BCUT2D eigenvalue weighted by atomic mass is 32.2. The van der Waals surface area contributed by atoms with Crippen LogP contribution in [0, 0.1) is 5.82 Å². The maximum atomic E-state index is 12.9. The zero-order valence-electron chi connectivity index (χ0n) is 15.7. The van der Waals surface area contributed by atoms with Crippen LogP contribution < -0.4 is 5.32 Å². The van der Waals surface area contributed by atoms with E-state index in [-0.39, 0.29) is 12.4 Å². The van der Waals surface area contributed by atoms with Gasteiger partial charge in [0.15, 0.2) is 6.10 Å². The fourth-order valence-electron chi connectivity index (χ4n) is 2.44. The predicted molar refractivity (Wildman–Crippen MR) is 108 cm³/mol. The Bertz CT molecular complexity index is 981. The van der Waals surface area contributed by atoms with Crippen molar-refractivity contribution < 1.29 is 18.7 Å². The molecule has 148 valence electrons. The van der Waals surface area contributed by atoms with Gasteiger partial charge in [-0.05, 0) is 48.9 Å². The molecule has 1 aromatic heterocycles. The van der Waals surface area contributed by atoms with E-state index in [1.54, 1.807) is 30.5 Å². The van der Waals surface area contributed by atoms with E-state index in [0.29, 0.717) is 10.6 Å². The number of hydrogen-bond acceptors (Lipinski definition) is 5. The number of pyridine rings is 1. The summed E-state index contributed by atoms with van der Waals surface area (Å²) < 4.78 is 18.3. The van der Waals surface area contributed by atoms with Crippen molar-refractivity contribution in [1.82, 2.24) is 10.3 Å². The molecule has 0 fully saturated rings. The molecule has 1 N–H and O–H groups in total. The first kappa shape index (κ1) is 20.5. The van der Waals surface area contributed by atoms with Gasteiger partial charge in [-0.25, -0.2) is 14.2 Å². The second kappa shape index (κ2) is 9.84. The van der Waals surface area contributed by atoms with Crippen molar-refractivity contribution in [2.24, 2.45) is 0 Å². The van der Waals surface area contributed by atoms with Crippen molar-refractivity contribution >= 4 is 23.6 Å². The third kappa shape index (κ3) is 5.89. The van der Waals surface area contributed by atoms with Crippen molar-refractivity contribution in [1.29, 1.82) is 0 Å². The first-order valence-corrected chi connectivity index (χ1v) is 9.75. The maximum Gasteiger partial charge on any atom is 0.341 e. The minimum absolute atomic E-state index is 0.211. The number of amides is 1. The Kier molecular flexibility index (Phi) is 6.97. The Hall–Kier alpha value is -3.19. The molecule has 1 unspecified atom stereocenters. The molecule has 3 aromatic rings. The second-order valence-corrected chi connectivity index (χ2v) is 7.23. The number of nitrogens with one attached hydrogen (secondary N) is 1. The Labute approximate surface area is 172 Å². The minimum Gasteiger partial charge on any atom is -0.449 e. The molecular formula is C22H19FN2O3S. The van der Waals surface area contributed by atoms with Crippen LogP contribution in [0.4, 0.5) is 4.39 Å². The average molecular weight is 410 g/mol. The summed E-state index contributed by atoms with van der Waals surface area (Å²) in [7, 11) is 0. The first-order valence-electron chi connectivity index (χ1n) is 8.94. The van der Waals surface area contributed by atoms with Gasteiger partial charge in [0.05, 0.1) is 5.56 Å². The number of aromatic nitrogens is 1. The van der Waals surface area contributed by atoms with Gasteiger partial charge in [-0.1, -0.05) is 42.1 Å². The third-order valence-corrected chi connectivity index (χ3v) is 5.01. The molecule has 1 amide bonds. The molecule has 0 saturated carbocycles. The van der Waals surface area contributed by atoms with Gasteiger partial charge >= 0.3 is 5.97 Å². The molecule has 1 atom stereocenters. The maximum absolute atomic E-state index is 12.9. The van der Waals surface area contributed by atoms with E-state index < -0.39 is 18.0 Å². The van der Waals surface area contributed by atoms with Crippen LogP contribution in [0.15, 0.2) is 82.8 Å². The lowest BCUT2D eigenvalue weighted by atomic mass is 10.2. The predicted octanol–water partition coefficient (Wildman–Crippen LogP) is 4.23. The van der Waals surface area contributed by atoms with Gasteiger partial charge in [-0.3, -0.25) is 4.79 Å². The summed E-state index contributed by atoms with van der Waals surface area (Å²) in [6.07, 6.45) is 0.610. The quantitative estimate of drug-likeness (QED) is 0.590. The van der Waals surface area contributed by atoms with Crippen LogP contribution in [0.1, 0.15) is 22.8 Å². The molecule has 0 aliphatic carbocycles. The molecule has 0 aliphatic rings. The van der Waals surface area contributed by atoms with Crippen LogP contribution in [-0.2, 0) is 16.1 Å². The average Bonchev–Trinajstić information content (AvgIpc) is 2.74. The number of carbonyl (C=O) groups excluding carboxylic acids is 2. The minimum atomic E-state index is -0.988. The normalized spacial score (nSPS) is 11.5. The summed E-state index contributed by atoms with van der Waals surface area (Å²) in [4.78, 5) is 30.0. The van der Waals surface area contributed by atoms with Crippen LogP contribution >= 0.6 is 11.8 Å². The van der Waals surface area contributed by atoms with Crippen molar-refractivity contribution in [2.45, 2.75) is 29.5 Å². The Balaban J connectivity index is 1.60. The van der Waals surface area contributed by atoms with Crippen molar-refractivity contribution in [2.75, 3.05) is 0 Å². The number of benzene rings is 2. The topological polar surface area (TPSA) is 68.3 Å². The largest absolute Gasteiger partial charge is 0.449 e. The van der Waals surface area contributed by atoms with Gasteiger partial charge in [-0.15, -0.1) is 0 Å². The summed E-state index contributed by atoms with van der Waals surface area (Å²) in [5.41, 5.74) is 1.03. The van der Waals surface area contributed by atoms with E-state index in [1.807, 2.05) is 30.3 Å². The van der Waals surface area contributed by atoms with Gasteiger partial charge in [0.2, 0.25) is 0 Å². The number of hydrogen-bond donors (Lipinski definition) is 1. The molecule has 0 radical (unpaired) electrons. The van der Waals surface area contributed by atoms with E-state index in [1.165, 1.54) is 30.8 Å². The van der Waals surface area contributed by atoms with Crippen LogP contribution in [0.2, 0.25) is 0 Å². The number of halogens is 1. The standard InChI is InChI=1S/C22H19FN2O3S/c1-15(20(26)25-14-16-9-11-17(23)12-10-16)28-22(27)19-8-5-13-24-21(19)29-18-6-3-2-4-7-18/h2-13,15H,14H2,1H3,(H,25,26). The van der Waals surface area contributed by atoms with Gasteiger partial charge in [0.1, 0.15) is 10.8 Å². The molecule has 5 nitrogen and oxygen atoms in total. The molecule has 0 bridgehead atoms. The van der Waals surface area contributed by atoms with Crippen LogP contribution in [0.5, 0.6) is 0 Å². The summed E-state index contributed by atoms with van der Waals surface area (Å²) in [6, 6.07) is 18.6. The fraction of sp³-hybridized carbons (Fsp3) is 0.136. The van der Waals surface area contributed by atoms with E-state index >= 15 is 0 Å². The van der Waals surface area contributed by atoms with Gasteiger partial charge < -0.3 is 10.1 Å². The highest BCUT2D eigenvalue weighted by molar-refractivity contribution is 7.99. The second-order valence-electron chi connectivity index (χ2n) is 6.16. The van der Waals surface area contributed by atoms with Gasteiger partial charge in [0, 0.05) is 17.6 Å². The number of carbonyl (C=O) groups is 2. The molecular weight excluding hydrogens is 391 g/mol. The summed E-state index contributed by atoms with van der Waals surface area (Å²) in [5.74, 6) is -1.41. The van der Waals surface area contributed by atoms with E-state index in [2.05, 4.69) is 10.3 Å². The van der Waals surface area contributed by atoms with Crippen LogP contribution in [-0.4, -0.2) is 23.0 Å². The molecule has 0 spiro atoms. The first-order chi connectivity index (χ1) is 14.0. The number of ether oxygens (including phenoxy) is 1. The molecule has 3 rings (SSSR count). The lowest BCUT2D eigenvalue weighted by Crippen LogP contribution is -2.35. The number of nitrogens with zero attached hydrogens (tertiary/aromatic N) is 1. The van der Waals surface area contributed by atoms with Gasteiger partial charge in [0.25, 0.3) is 5.91 Å². The van der Waals surface area contributed by atoms with E-state index in [0.717, 1.165) is 10.5 Å². The van der Waals surface area contributed by atoms with Crippen LogP contribution in [0.3, 0.4) is 0 Å². The molecule has 29 heavy (non-hydrogen) atoms. The highest BCUT2D eigenvalue weighted by Gasteiger charge is 2.21. The van der Waals surface area contributed by atoms with Crippen molar-refractivity contribution in [3.05, 3.63) is 89.9 Å². The van der Waals surface area contributed by atoms with Gasteiger partial charge in [-0.2, -0.15) is 0 Å². The molecule has 0 saturated heterocycles. The van der Waals surface area contributed by atoms with Crippen molar-refractivity contribution in [3.63, 3.8) is 0 Å². The summed E-state index contributed by atoms with van der Waals surface area (Å²) >= 11 is 1.34. The zero-order valence-corrected chi connectivity index (χ0v) is 16.5. The fourth-order valence-corrected chi connectivity index (χ4v) is 3.33. The lowest BCUT2D eigenvalue weighted by molar-refractivity contribution is -0.129. The van der Waals surface area contributed by atoms with E-state index in [4.69, 9.17) is 4.74 Å². The number of rotatable bonds is 7. The molecule has 1 heterocycles. The monoisotopic (exact) mass is 410 g/mol. The van der Waals surface area contributed by atoms with Crippen LogP contribution in [0.25, 0.3) is 0 Å². The lowest BCUT2D eigenvalue weighted by Gasteiger charge is -2.14. The smallest absolute Gasteiger partial charge is 0.341 e. The van der Waals surface area contributed by atoms with E-state index in [9.17, 15) is 14.0 Å². The molecule has 0 aliphatic heterocycles. The zero-order chi connectivity index (χ0) is 20.6. The Morgan fingerprint density at radius 3 is 2.52 bits per heavy atom.